The highest BCUT2D eigenvalue weighted by Crippen LogP contribution is 1.96. The summed E-state index contributed by atoms with van der Waals surface area (Å²) in [5.74, 6) is -3.40. The summed E-state index contributed by atoms with van der Waals surface area (Å²) in [4.78, 5) is 24.1. The fraction of sp³-hybridized carbons (Fsp3) is 0.125. The molecule has 1 aromatic heterocycles. The fourth-order valence-corrected chi connectivity index (χ4v) is 0.795. The molecule has 0 aliphatic carbocycles. The van der Waals surface area contributed by atoms with Gasteiger partial charge in [0.2, 0.25) is 5.95 Å². The van der Waals surface area contributed by atoms with E-state index in [4.69, 9.17) is 5.11 Å². The number of aliphatic carboxylic acids is 1. The first kappa shape index (κ1) is 10.1. The van der Waals surface area contributed by atoms with Gasteiger partial charge in [0.25, 0.3) is 0 Å². The summed E-state index contributed by atoms with van der Waals surface area (Å²) in [7, 11) is 0. The van der Waals surface area contributed by atoms with Gasteiger partial charge in [-0.2, -0.15) is 4.39 Å². The Morgan fingerprint density at radius 2 is 2.21 bits per heavy atom. The molecule has 0 bridgehead atoms. The minimum absolute atomic E-state index is 0.108. The Morgan fingerprint density at radius 3 is 2.79 bits per heavy atom. The molecule has 14 heavy (non-hydrogen) atoms. The summed E-state index contributed by atoms with van der Waals surface area (Å²) in [5, 5.41) is 10.3. The van der Waals surface area contributed by atoms with Crippen molar-refractivity contribution in [3.05, 3.63) is 29.8 Å². The molecular weight excluding hydrogens is 191 g/mol. The molecule has 1 rings (SSSR count). The Bertz CT molecular complexity index is 367. The first-order chi connectivity index (χ1) is 6.59. The van der Waals surface area contributed by atoms with Gasteiger partial charge in [0, 0.05) is 0 Å². The van der Waals surface area contributed by atoms with E-state index in [2.05, 4.69) is 10.3 Å². The molecule has 2 N–H and O–H groups in total. The Labute approximate surface area is 78.6 Å². The number of carbonyl (C=O) groups is 2. The molecule has 0 saturated carbocycles. The number of hydrogen-bond acceptors (Lipinski definition) is 3. The lowest BCUT2D eigenvalue weighted by Crippen LogP contribution is -2.30. The van der Waals surface area contributed by atoms with Gasteiger partial charge >= 0.3 is 11.9 Å². The van der Waals surface area contributed by atoms with E-state index in [0.717, 1.165) is 6.07 Å². The second-order valence-corrected chi connectivity index (χ2v) is 2.44. The van der Waals surface area contributed by atoms with Crippen molar-refractivity contribution in [1.82, 2.24) is 10.3 Å². The van der Waals surface area contributed by atoms with Crippen molar-refractivity contribution >= 4 is 11.9 Å². The maximum atomic E-state index is 12.5. The highest BCUT2D eigenvalue weighted by molar-refractivity contribution is 6.31. The Kier molecular flexibility index (Phi) is 3.11. The smallest absolute Gasteiger partial charge is 0.394 e. The van der Waals surface area contributed by atoms with E-state index in [1.807, 2.05) is 0 Å². The van der Waals surface area contributed by atoms with Crippen molar-refractivity contribution in [2.24, 2.45) is 0 Å². The van der Waals surface area contributed by atoms with E-state index in [-0.39, 0.29) is 12.2 Å². The quantitative estimate of drug-likeness (QED) is 0.514. The lowest BCUT2D eigenvalue weighted by Gasteiger charge is -2.00. The minimum Gasteiger partial charge on any atom is -0.474 e. The average molecular weight is 198 g/mol. The van der Waals surface area contributed by atoms with E-state index in [9.17, 15) is 14.0 Å². The highest BCUT2D eigenvalue weighted by Gasteiger charge is 2.10. The number of nitrogens with one attached hydrogen (secondary N) is 1. The van der Waals surface area contributed by atoms with Crippen LogP contribution in [-0.4, -0.2) is 22.0 Å². The van der Waals surface area contributed by atoms with Crippen LogP contribution in [0.5, 0.6) is 0 Å². The summed E-state index contributed by atoms with van der Waals surface area (Å²) in [5.41, 5.74) is 0.264. The van der Waals surface area contributed by atoms with Crippen LogP contribution >= 0.6 is 0 Å². The molecule has 0 aromatic carbocycles. The summed E-state index contributed by atoms with van der Waals surface area (Å²) in [6.07, 6.45) is 0. The van der Waals surface area contributed by atoms with E-state index < -0.39 is 17.8 Å². The Balaban J connectivity index is 2.54. The van der Waals surface area contributed by atoms with Gasteiger partial charge < -0.3 is 10.4 Å². The van der Waals surface area contributed by atoms with Gasteiger partial charge in [0.05, 0.1) is 12.2 Å². The van der Waals surface area contributed by atoms with Crippen molar-refractivity contribution in [2.45, 2.75) is 6.54 Å². The second-order valence-electron chi connectivity index (χ2n) is 2.44. The lowest BCUT2D eigenvalue weighted by atomic mass is 10.3. The molecule has 0 aliphatic heterocycles. The number of nitrogens with zero attached hydrogens (tertiary/aromatic N) is 1. The van der Waals surface area contributed by atoms with Gasteiger partial charge in [0.1, 0.15) is 0 Å². The predicted octanol–water partition coefficient (Wildman–Crippen LogP) is -0.0785. The molecule has 5 nitrogen and oxygen atoms in total. The molecule has 6 heteroatoms. The molecule has 0 radical (unpaired) electrons. The third-order valence-corrected chi connectivity index (χ3v) is 1.40. The molecule has 0 unspecified atom stereocenters. The summed E-state index contributed by atoms with van der Waals surface area (Å²) in [6, 6.07) is 4.05. The number of carboxylic acid groups (broad SMARTS) is 1. The van der Waals surface area contributed by atoms with E-state index in [1.54, 1.807) is 0 Å². The van der Waals surface area contributed by atoms with Gasteiger partial charge in [-0.05, 0) is 12.1 Å². The second kappa shape index (κ2) is 4.31. The molecular formula is C8H7FN2O3. The number of hydrogen-bond donors (Lipinski definition) is 2. The summed E-state index contributed by atoms with van der Waals surface area (Å²) < 4.78 is 12.5. The van der Waals surface area contributed by atoms with Crippen LogP contribution in [0.4, 0.5) is 4.39 Å². The summed E-state index contributed by atoms with van der Waals surface area (Å²) in [6.45, 7) is -0.108. The Morgan fingerprint density at radius 1 is 1.50 bits per heavy atom. The molecule has 1 amide bonds. The zero-order valence-corrected chi connectivity index (χ0v) is 7.03. The number of carbonyl (C=O) groups excluding carboxylic acids is 1. The number of aromatic nitrogens is 1. The number of halogens is 1. The van der Waals surface area contributed by atoms with E-state index in [0.29, 0.717) is 0 Å². The van der Waals surface area contributed by atoms with Crippen molar-refractivity contribution in [3.63, 3.8) is 0 Å². The third-order valence-electron chi connectivity index (χ3n) is 1.40. The molecule has 0 aliphatic rings. The van der Waals surface area contributed by atoms with E-state index in [1.165, 1.54) is 12.1 Å². The van der Waals surface area contributed by atoms with Crippen LogP contribution in [0.1, 0.15) is 5.69 Å². The zero-order valence-electron chi connectivity index (χ0n) is 7.03. The van der Waals surface area contributed by atoms with E-state index >= 15 is 0 Å². The van der Waals surface area contributed by atoms with Gasteiger partial charge in [-0.25, -0.2) is 9.78 Å². The van der Waals surface area contributed by atoms with Crippen LogP contribution in [0.3, 0.4) is 0 Å². The molecule has 1 heterocycles. The average Bonchev–Trinajstić information content (AvgIpc) is 2.14. The molecule has 1 aromatic rings. The summed E-state index contributed by atoms with van der Waals surface area (Å²) >= 11 is 0. The van der Waals surface area contributed by atoms with Gasteiger partial charge in [0.15, 0.2) is 0 Å². The SMILES string of the molecule is O=C(O)C(=O)NCc1cccc(F)n1. The largest absolute Gasteiger partial charge is 0.474 e. The number of pyridine rings is 1. The van der Waals surface area contributed by atoms with Gasteiger partial charge in [-0.3, -0.25) is 4.79 Å². The van der Waals surface area contributed by atoms with Crippen molar-refractivity contribution in [2.75, 3.05) is 0 Å². The number of rotatable bonds is 2. The molecule has 0 atom stereocenters. The van der Waals surface area contributed by atoms with Crippen LogP contribution in [0.25, 0.3) is 0 Å². The fourth-order valence-electron chi connectivity index (χ4n) is 0.795. The lowest BCUT2D eigenvalue weighted by molar-refractivity contribution is -0.150. The number of amides is 1. The highest BCUT2D eigenvalue weighted by atomic mass is 19.1. The van der Waals surface area contributed by atoms with Crippen LogP contribution in [-0.2, 0) is 16.1 Å². The first-order valence-corrected chi connectivity index (χ1v) is 3.72. The topological polar surface area (TPSA) is 79.3 Å². The standard InChI is InChI=1S/C8H7FN2O3/c9-6-3-1-2-5(11-6)4-10-7(12)8(13)14/h1-3H,4H2,(H,10,12)(H,13,14). The van der Waals surface area contributed by atoms with Crippen LogP contribution < -0.4 is 5.32 Å². The first-order valence-electron chi connectivity index (χ1n) is 3.72. The molecule has 0 spiro atoms. The maximum absolute atomic E-state index is 12.5. The number of carboxylic acids is 1. The van der Waals surface area contributed by atoms with Crippen molar-refractivity contribution < 1.29 is 19.1 Å². The maximum Gasteiger partial charge on any atom is 0.394 e. The van der Waals surface area contributed by atoms with Gasteiger partial charge in [-0.15, -0.1) is 0 Å². The van der Waals surface area contributed by atoms with Crippen molar-refractivity contribution in [3.8, 4) is 0 Å². The van der Waals surface area contributed by atoms with Crippen LogP contribution in [0, 0.1) is 5.95 Å². The molecule has 74 valence electrons. The third kappa shape index (κ3) is 2.81. The zero-order chi connectivity index (χ0) is 10.6. The predicted molar refractivity (Wildman–Crippen MR) is 43.7 cm³/mol. The van der Waals surface area contributed by atoms with Crippen molar-refractivity contribution in [1.29, 1.82) is 0 Å². The normalized spacial score (nSPS) is 9.50. The Hall–Kier alpha value is -1.98. The van der Waals surface area contributed by atoms with Crippen LogP contribution in [0.15, 0.2) is 18.2 Å². The monoisotopic (exact) mass is 198 g/mol. The van der Waals surface area contributed by atoms with Crippen LogP contribution in [0.2, 0.25) is 0 Å². The molecule has 0 fully saturated rings. The molecule has 0 saturated heterocycles. The van der Waals surface area contributed by atoms with Gasteiger partial charge in [-0.1, -0.05) is 6.07 Å². The minimum atomic E-state index is -1.58.